The van der Waals surface area contributed by atoms with E-state index < -0.39 is 0 Å². The SMILES string of the molecule is C/C(Br)=C(\Br)C[N+](C)(C)CC(=O)c1ccccc1. The van der Waals surface area contributed by atoms with Gasteiger partial charge in [0.15, 0.2) is 0 Å². The fraction of sp³-hybridized carbons (Fsp3) is 0.357. The van der Waals surface area contributed by atoms with Gasteiger partial charge in [0.25, 0.3) is 0 Å². The summed E-state index contributed by atoms with van der Waals surface area (Å²) in [5.74, 6) is 0.174. The highest BCUT2D eigenvalue weighted by Gasteiger charge is 2.22. The van der Waals surface area contributed by atoms with Crippen molar-refractivity contribution in [2.24, 2.45) is 0 Å². The summed E-state index contributed by atoms with van der Waals surface area (Å²) in [4.78, 5) is 12.2. The van der Waals surface area contributed by atoms with E-state index in [0.717, 1.165) is 21.1 Å². The van der Waals surface area contributed by atoms with Crippen molar-refractivity contribution in [1.82, 2.24) is 0 Å². The van der Waals surface area contributed by atoms with Crippen LogP contribution in [0.3, 0.4) is 0 Å². The molecule has 0 aliphatic rings. The second-order valence-electron chi connectivity index (χ2n) is 4.98. The van der Waals surface area contributed by atoms with Crippen LogP contribution in [0.1, 0.15) is 17.3 Å². The highest BCUT2D eigenvalue weighted by atomic mass is 79.9. The molecule has 0 aromatic heterocycles. The van der Waals surface area contributed by atoms with Crippen molar-refractivity contribution in [1.29, 1.82) is 0 Å². The van der Waals surface area contributed by atoms with Crippen molar-refractivity contribution in [3.8, 4) is 0 Å². The van der Waals surface area contributed by atoms with Crippen LogP contribution in [0.15, 0.2) is 39.3 Å². The molecule has 0 fully saturated rings. The van der Waals surface area contributed by atoms with E-state index in [2.05, 4.69) is 46.0 Å². The van der Waals surface area contributed by atoms with Crippen LogP contribution in [0.2, 0.25) is 0 Å². The molecular weight excluding hydrogens is 358 g/mol. The quantitative estimate of drug-likeness (QED) is 0.562. The molecule has 0 atom stereocenters. The number of carbonyl (C=O) groups is 1. The lowest BCUT2D eigenvalue weighted by Crippen LogP contribution is -2.44. The van der Waals surface area contributed by atoms with Crippen LogP contribution in [-0.2, 0) is 0 Å². The second-order valence-corrected chi connectivity index (χ2v) is 7.13. The summed E-state index contributed by atoms with van der Waals surface area (Å²) in [5, 5.41) is 0. The van der Waals surface area contributed by atoms with Crippen molar-refractivity contribution >= 4 is 37.6 Å². The minimum absolute atomic E-state index is 0.174. The Morgan fingerprint density at radius 3 is 2.17 bits per heavy atom. The predicted molar refractivity (Wildman–Crippen MR) is 83.2 cm³/mol. The normalized spacial score (nSPS) is 13.2. The Morgan fingerprint density at radius 2 is 1.67 bits per heavy atom. The smallest absolute Gasteiger partial charge is 0.216 e. The third-order valence-electron chi connectivity index (χ3n) is 2.61. The van der Waals surface area contributed by atoms with E-state index in [1.807, 2.05) is 37.3 Å². The Kier molecular flexibility index (Phi) is 5.76. The van der Waals surface area contributed by atoms with Gasteiger partial charge >= 0.3 is 0 Å². The molecule has 18 heavy (non-hydrogen) atoms. The number of rotatable bonds is 5. The van der Waals surface area contributed by atoms with Crippen LogP contribution in [0.5, 0.6) is 0 Å². The third-order valence-corrected chi connectivity index (χ3v) is 4.46. The van der Waals surface area contributed by atoms with Gasteiger partial charge in [0.1, 0.15) is 13.1 Å². The summed E-state index contributed by atoms with van der Waals surface area (Å²) in [7, 11) is 4.11. The average molecular weight is 376 g/mol. The number of halogens is 2. The summed E-state index contributed by atoms with van der Waals surface area (Å²) in [6.07, 6.45) is 0. The van der Waals surface area contributed by atoms with E-state index in [4.69, 9.17) is 0 Å². The standard InChI is InChI=1S/C14H18Br2NO/c1-11(15)13(16)9-17(2,3)10-14(18)12-7-5-4-6-8-12/h4-8H,9-10H2,1-3H3/q+1/b13-11+. The van der Waals surface area contributed by atoms with E-state index in [9.17, 15) is 4.79 Å². The zero-order valence-corrected chi connectivity index (χ0v) is 14.1. The molecule has 0 aliphatic carbocycles. The summed E-state index contributed by atoms with van der Waals surface area (Å²) < 4.78 is 2.78. The molecule has 0 saturated heterocycles. The maximum Gasteiger partial charge on any atom is 0.216 e. The minimum Gasteiger partial charge on any atom is -0.318 e. The molecule has 0 heterocycles. The number of Topliss-reactive ketones (excluding diaryl/α,β-unsaturated/α-hetero) is 1. The van der Waals surface area contributed by atoms with Crippen molar-refractivity contribution in [2.45, 2.75) is 6.92 Å². The lowest BCUT2D eigenvalue weighted by atomic mass is 10.1. The van der Waals surface area contributed by atoms with Crippen LogP contribution in [-0.4, -0.2) is 37.5 Å². The van der Waals surface area contributed by atoms with Gasteiger partial charge in [-0.1, -0.05) is 46.3 Å². The van der Waals surface area contributed by atoms with Gasteiger partial charge in [-0.15, -0.1) is 0 Å². The summed E-state index contributed by atoms with van der Waals surface area (Å²) in [6.45, 7) is 3.26. The Hall–Kier alpha value is -0.450. The Labute approximate surface area is 126 Å². The number of hydrogen-bond donors (Lipinski definition) is 0. The molecule has 0 radical (unpaired) electrons. The molecular formula is C14H18Br2NO+. The topological polar surface area (TPSA) is 17.1 Å². The van der Waals surface area contributed by atoms with Gasteiger partial charge in [-0.25, -0.2) is 0 Å². The van der Waals surface area contributed by atoms with E-state index in [-0.39, 0.29) is 5.78 Å². The lowest BCUT2D eigenvalue weighted by Gasteiger charge is -2.29. The molecule has 98 valence electrons. The van der Waals surface area contributed by atoms with E-state index in [1.165, 1.54) is 0 Å². The minimum atomic E-state index is 0.174. The first-order valence-corrected chi connectivity index (χ1v) is 7.31. The van der Waals surface area contributed by atoms with Crippen LogP contribution >= 0.6 is 31.9 Å². The van der Waals surface area contributed by atoms with Crippen LogP contribution in [0.4, 0.5) is 0 Å². The molecule has 0 amide bonds. The average Bonchev–Trinajstić information content (AvgIpc) is 2.28. The fourth-order valence-electron chi connectivity index (χ4n) is 1.64. The fourth-order valence-corrected chi connectivity index (χ4v) is 2.45. The summed E-state index contributed by atoms with van der Waals surface area (Å²) >= 11 is 6.97. The van der Waals surface area contributed by atoms with Gasteiger partial charge < -0.3 is 4.48 Å². The van der Waals surface area contributed by atoms with Gasteiger partial charge in [0.2, 0.25) is 5.78 Å². The van der Waals surface area contributed by atoms with E-state index >= 15 is 0 Å². The highest BCUT2D eigenvalue weighted by Crippen LogP contribution is 2.20. The molecule has 0 spiro atoms. The third kappa shape index (κ3) is 5.04. The number of hydrogen-bond acceptors (Lipinski definition) is 1. The molecule has 0 unspecified atom stereocenters. The number of nitrogens with zero attached hydrogens (tertiary/aromatic N) is 1. The molecule has 4 heteroatoms. The number of quaternary nitrogens is 1. The Bertz CT molecular complexity index is 448. The number of benzene rings is 1. The maximum absolute atomic E-state index is 12.2. The van der Waals surface area contributed by atoms with Crippen molar-refractivity contribution in [3.05, 3.63) is 44.9 Å². The zero-order valence-electron chi connectivity index (χ0n) is 10.9. The maximum atomic E-state index is 12.2. The first-order chi connectivity index (χ1) is 8.32. The van der Waals surface area contributed by atoms with Crippen molar-refractivity contribution in [2.75, 3.05) is 27.2 Å². The molecule has 1 aromatic rings. The number of allylic oxidation sites excluding steroid dienone is 1. The molecule has 0 N–H and O–H groups in total. The molecule has 2 nitrogen and oxygen atoms in total. The van der Waals surface area contributed by atoms with Crippen molar-refractivity contribution in [3.63, 3.8) is 0 Å². The lowest BCUT2D eigenvalue weighted by molar-refractivity contribution is -0.876. The van der Waals surface area contributed by atoms with Gasteiger partial charge in [0.05, 0.1) is 18.6 Å². The van der Waals surface area contributed by atoms with Gasteiger partial charge in [-0.3, -0.25) is 4.79 Å². The van der Waals surface area contributed by atoms with Gasteiger partial charge in [-0.2, -0.15) is 0 Å². The zero-order chi connectivity index (χ0) is 13.8. The number of likely N-dealkylation sites (N-methyl/N-ethyl adjacent to an activating group) is 1. The summed E-state index contributed by atoms with van der Waals surface area (Å²) in [6, 6.07) is 9.44. The largest absolute Gasteiger partial charge is 0.318 e. The molecule has 1 rings (SSSR count). The first kappa shape index (κ1) is 15.6. The van der Waals surface area contributed by atoms with Gasteiger partial charge in [0, 0.05) is 10.0 Å². The Balaban J connectivity index is 2.72. The predicted octanol–water partition coefficient (Wildman–Crippen LogP) is 3.97. The van der Waals surface area contributed by atoms with Crippen LogP contribution in [0, 0.1) is 0 Å². The molecule has 1 aromatic carbocycles. The number of carbonyl (C=O) groups excluding carboxylic acids is 1. The highest BCUT2D eigenvalue weighted by molar-refractivity contribution is 9.14. The van der Waals surface area contributed by atoms with Crippen LogP contribution < -0.4 is 0 Å². The molecule has 0 aliphatic heterocycles. The Morgan fingerprint density at radius 1 is 1.11 bits per heavy atom. The monoisotopic (exact) mass is 374 g/mol. The number of ketones is 1. The van der Waals surface area contributed by atoms with Gasteiger partial charge in [-0.05, 0) is 22.9 Å². The van der Waals surface area contributed by atoms with Crippen LogP contribution in [0.25, 0.3) is 0 Å². The summed E-state index contributed by atoms with van der Waals surface area (Å²) in [5.41, 5.74) is 0.777. The first-order valence-electron chi connectivity index (χ1n) is 5.73. The van der Waals surface area contributed by atoms with E-state index in [1.54, 1.807) is 0 Å². The molecule has 0 bridgehead atoms. The van der Waals surface area contributed by atoms with Crippen molar-refractivity contribution < 1.29 is 9.28 Å². The molecule has 0 saturated carbocycles. The second kappa shape index (κ2) is 6.64. The van der Waals surface area contributed by atoms with E-state index in [0.29, 0.717) is 11.0 Å².